The molecule has 5 heteroatoms. The molecule has 0 bridgehead atoms. The third kappa shape index (κ3) is 7.77. The summed E-state index contributed by atoms with van der Waals surface area (Å²) in [7, 11) is 0. The van der Waals surface area contributed by atoms with E-state index in [4.69, 9.17) is 9.47 Å². The number of benzene rings is 1. The third-order valence-corrected chi connectivity index (χ3v) is 3.18. The van der Waals surface area contributed by atoms with Crippen LogP contribution < -0.4 is 4.74 Å². The maximum atomic E-state index is 13.4. The molecule has 1 rings (SSSR count). The van der Waals surface area contributed by atoms with Gasteiger partial charge in [-0.15, -0.1) is 5.92 Å². The zero-order chi connectivity index (χ0) is 17.8. The number of hydrogen-bond donors (Lipinski definition) is 0. The van der Waals surface area contributed by atoms with Gasteiger partial charge in [0, 0.05) is 12.8 Å². The Balaban J connectivity index is 2.35. The monoisotopic (exact) mass is 334 g/mol. The zero-order valence-electron chi connectivity index (χ0n) is 14.1. The van der Waals surface area contributed by atoms with Crippen LogP contribution in [0.25, 0.3) is 0 Å². The molecule has 0 amide bonds. The predicted octanol–water partition coefficient (Wildman–Crippen LogP) is 4.03. The molecule has 0 fully saturated rings. The summed E-state index contributed by atoms with van der Waals surface area (Å²) in [4.78, 5) is 23.4. The second-order valence-corrected chi connectivity index (χ2v) is 5.23. The highest BCUT2D eigenvalue weighted by Crippen LogP contribution is 2.16. The van der Waals surface area contributed by atoms with Crippen LogP contribution in [0.15, 0.2) is 24.3 Å². The largest absolute Gasteiger partial charge is 0.461 e. The maximum Gasteiger partial charge on any atom is 0.311 e. The summed E-state index contributed by atoms with van der Waals surface area (Å²) in [5.41, 5.74) is 0. The Bertz CT molecular complexity index is 601. The Hall–Kier alpha value is -2.35. The lowest BCUT2D eigenvalue weighted by Gasteiger charge is -2.13. The van der Waals surface area contributed by atoms with Gasteiger partial charge in [-0.25, -0.2) is 4.39 Å². The summed E-state index contributed by atoms with van der Waals surface area (Å²) < 4.78 is 23.5. The lowest BCUT2D eigenvalue weighted by molar-refractivity contribution is -0.151. The van der Waals surface area contributed by atoms with E-state index in [0.717, 1.165) is 12.8 Å². The third-order valence-electron chi connectivity index (χ3n) is 3.18. The minimum atomic E-state index is -0.673. The molecule has 130 valence electrons. The van der Waals surface area contributed by atoms with Crippen LogP contribution in [-0.4, -0.2) is 18.0 Å². The molecule has 0 saturated heterocycles. The molecule has 1 unspecified atom stereocenters. The summed E-state index contributed by atoms with van der Waals surface area (Å²) in [5, 5.41) is 0. The van der Waals surface area contributed by atoms with Crippen molar-refractivity contribution in [2.75, 3.05) is 0 Å². The first-order chi connectivity index (χ1) is 11.6. The van der Waals surface area contributed by atoms with Gasteiger partial charge in [-0.3, -0.25) is 9.59 Å². The molecule has 0 radical (unpaired) electrons. The fraction of sp³-hybridized carbons (Fsp3) is 0.474. The average molecular weight is 334 g/mol. The Morgan fingerprint density at radius 1 is 1.12 bits per heavy atom. The van der Waals surface area contributed by atoms with E-state index in [9.17, 15) is 14.0 Å². The average Bonchev–Trinajstić information content (AvgIpc) is 2.58. The molecular formula is C19H23FO4. The molecule has 1 atom stereocenters. The Morgan fingerprint density at radius 2 is 1.83 bits per heavy atom. The number of para-hydroxylation sites is 1. The molecule has 0 aromatic heterocycles. The van der Waals surface area contributed by atoms with E-state index in [1.807, 2.05) is 13.8 Å². The van der Waals surface area contributed by atoms with Crippen molar-refractivity contribution in [1.29, 1.82) is 0 Å². The van der Waals surface area contributed by atoms with Crippen LogP contribution in [0.1, 0.15) is 52.4 Å². The molecule has 0 heterocycles. The summed E-state index contributed by atoms with van der Waals surface area (Å²) >= 11 is 0. The number of hydrogen-bond acceptors (Lipinski definition) is 4. The molecule has 4 nitrogen and oxygen atoms in total. The number of ether oxygens (including phenoxy) is 2. The van der Waals surface area contributed by atoms with E-state index in [2.05, 4.69) is 11.8 Å². The number of rotatable bonds is 8. The first-order valence-electron chi connectivity index (χ1n) is 8.17. The Kier molecular flexibility index (Phi) is 9.21. The van der Waals surface area contributed by atoms with Crippen molar-refractivity contribution in [2.45, 2.75) is 58.5 Å². The smallest absolute Gasteiger partial charge is 0.311 e. The highest BCUT2D eigenvalue weighted by Gasteiger charge is 2.15. The number of halogens is 1. The number of unbranched alkanes of at least 4 members (excludes halogenated alkanes) is 1. The highest BCUT2D eigenvalue weighted by atomic mass is 19.1. The van der Waals surface area contributed by atoms with Crippen molar-refractivity contribution in [3.05, 3.63) is 30.1 Å². The van der Waals surface area contributed by atoms with Gasteiger partial charge in [-0.05, 0) is 25.0 Å². The fourth-order valence-electron chi connectivity index (χ4n) is 1.82. The lowest BCUT2D eigenvalue weighted by Crippen LogP contribution is -2.19. The van der Waals surface area contributed by atoms with Gasteiger partial charge in [0.1, 0.15) is 6.10 Å². The molecule has 0 spiro atoms. The topological polar surface area (TPSA) is 52.6 Å². The normalized spacial score (nSPS) is 11.1. The molecule has 24 heavy (non-hydrogen) atoms. The standard InChI is InChI=1S/C19H23FO4/c1-3-5-6-7-10-15(4-2)23-18(21)13-14-19(22)24-17-12-9-8-11-16(17)20/h8-9,11-12,15H,3-5,10,13-14H2,1-2H3. The van der Waals surface area contributed by atoms with E-state index in [1.54, 1.807) is 6.07 Å². The molecule has 0 N–H and O–H groups in total. The first kappa shape index (κ1) is 19.7. The first-order valence-corrected chi connectivity index (χ1v) is 8.17. The van der Waals surface area contributed by atoms with Crippen molar-refractivity contribution < 1.29 is 23.5 Å². The molecule has 0 aliphatic rings. The summed E-state index contributed by atoms with van der Waals surface area (Å²) in [5.74, 6) is 4.07. The molecule has 0 aliphatic carbocycles. The summed E-state index contributed by atoms with van der Waals surface area (Å²) in [6.45, 7) is 3.96. The molecule has 0 saturated carbocycles. The minimum Gasteiger partial charge on any atom is -0.461 e. The van der Waals surface area contributed by atoms with Crippen LogP contribution in [0.4, 0.5) is 4.39 Å². The zero-order valence-corrected chi connectivity index (χ0v) is 14.1. The second-order valence-electron chi connectivity index (χ2n) is 5.23. The van der Waals surface area contributed by atoms with Gasteiger partial charge in [0.2, 0.25) is 0 Å². The van der Waals surface area contributed by atoms with E-state index < -0.39 is 17.8 Å². The lowest BCUT2D eigenvalue weighted by atomic mass is 10.2. The predicted molar refractivity (Wildman–Crippen MR) is 88.7 cm³/mol. The van der Waals surface area contributed by atoms with Gasteiger partial charge in [0.05, 0.1) is 12.8 Å². The van der Waals surface area contributed by atoms with Crippen molar-refractivity contribution in [3.63, 3.8) is 0 Å². The van der Waals surface area contributed by atoms with Gasteiger partial charge in [0.15, 0.2) is 11.6 Å². The van der Waals surface area contributed by atoms with E-state index in [1.165, 1.54) is 18.2 Å². The van der Waals surface area contributed by atoms with Gasteiger partial charge in [-0.1, -0.05) is 31.9 Å². The quantitative estimate of drug-likeness (QED) is 0.409. The Morgan fingerprint density at radius 3 is 2.50 bits per heavy atom. The number of esters is 2. The SMILES string of the molecule is CCCC#CCC(CC)OC(=O)CCC(=O)Oc1ccccc1F. The van der Waals surface area contributed by atoms with Crippen LogP contribution in [0.3, 0.4) is 0 Å². The van der Waals surface area contributed by atoms with Gasteiger partial charge < -0.3 is 9.47 Å². The molecule has 0 aliphatic heterocycles. The van der Waals surface area contributed by atoms with E-state index >= 15 is 0 Å². The van der Waals surface area contributed by atoms with Crippen LogP contribution in [0.5, 0.6) is 5.75 Å². The summed E-state index contributed by atoms with van der Waals surface area (Å²) in [6, 6.07) is 5.61. The van der Waals surface area contributed by atoms with Crippen LogP contribution in [0, 0.1) is 17.7 Å². The molecule has 1 aromatic rings. The minimum absolute atomic E-state index is 0.105. The van der Waals surface area contributed by atoms with Crippen LogP contribution in [-0.2, 0) is 14.3 Å². The number of carbonyl (C=O) groups is 2. The number of carbonyl (C=O) groups excluding carboxylic acids is 2. The second kappa shape index (κ2) is 11.2. The van der Waals surface area contributed by atoms with Gasteiger partial charge in [-0.2, -0.15) is 0 Å². The van der Waals surface area contributed by atoms with Crippen molar-refractivity contribution in [3.8, 4) is 17.6 Å². The molecule has 1 aromatic carbocycles. The fourth-order valence-corrected chi connectivity index (χ4v) is 1.82. The van der Waals surface area contributed by atoms with E-state index in [0.29, 0.717) is 12.8 Å². The van der Waals surface area contributed by atoms with Gasteiger partial charge in [0.25, 0.3) is 0 Å². The maximum absolute atomic E-state index is 13.4. The molecular weight excluding hydrogens is 311 g/mol. The summed E-state index contributed by atoms with van der Waals surface area (Å²) in [6.07, 6.45) is 2.43. The van der Waals surface area contributed by atoms with Gasteiger partial charge >= 0.3 is 11.9 Å². The van der Waals surface area contributed by atoms with Crippen molar-refractivity contribution in [1.82, 2.24) is 0 Å². The Labute approximate surface area is 142 Å². The van der Waals surface area contributed by atoms with Crippen molar-refractivity contribution in [2.24, 2.45) is 0 Å². The highest BCUT2D eigenvalue weighted by molar-refractivity contribution is 5.79. The van der Waals surface area contributed by atoms with Crippen LogP contribution >= 0.6 is 0 Å². The van der Waals surface area contributed by atoms with Crippen LogP contribution in [0.2, 0.25) is 0 Å². The van der Waals surface area contributed by atoms with Crippen molar-refractivity contribution >= 4 is 11.9 Å². The van der Waals surface area contributed by atoms with E-state index in [-0.39, 0.29) is 24.7 Å².